The normalized spacial score (nSPS) is 13.8. The minimum atomic E-state index is -4.22. The lowest BCUT2D eigenvalue weighted by molar-refractivity contribution is -0.137. The van der Waals surface area contributed by atoms with Crippen molar-refractivity contribution in [1.29, 1.82) is 0 Å². The van der Waals surface area contributed by atoms with Gasteiger partial charge in [-0.05, 0) is 36.1 Å². The van der Waals surface area contributed by atoms with E-state index in [0.717, 1.165) is 20.9 Å². The van der Waals surface area contributed by atoms with Gasteiger partial charge in [0, 0.05) is 25.2 Å². The van der Waals surface area contributed by atoms with E-state index >= 15 is 0 Å². The molecule has 0 aliphatic carbocycles. The second-order valence-electron chi connectivity index (χ2n) is 7.73. The number of rotatable bonds is 6. The number of hydrogen-bond acceptors (Lipinski definition) is 6. The van der Waals surface area contributed by atoms with E-state index in [0.29, 0.717) is 24.4 Å². The zero-order valence-corrected chi connectivity index (χ0v) is 18.5. The molecule has 4 rings (SSSR count). The highest BCUT2D eigenvalue weighted by atomic mass is 32.2. The van der Waals surface area contributed by atoms with Gasteiger partial charge in [0.25, 0.3) is 5.56 Å². The smallest absolute Gasteiger partial charge is 0.318 e. The largest absolute Gasteiger partial charge is 0.490 e. The molecule has 0 bridgehead atoms. The summed E-state index contributed by atoms with van der Waals surface area (Å²) in [6, 6.07) is 11.5. The summed E-state index contributed by atoms with van der Waals surface area (Å²) in [6.45, 7) is 1.78. The summed E-state index contributed by atoms with van der Waals surface area (Å²) in [5, 5.41) is 10.1. The minimum absolute atomic E-state index is 0.0964. The number of nitrogens with zero attached hydrogens (tertiary/aromatic N) is 2. The van der Waals surface area contributed by atoms with Crippen LogP contribution in [0.1, 0.15) is 11.1 Å². The third-order valence-electron chi connectivity index (χ3n) is 5.49. The summed E-state index contributed by atoms with van der Waals surface area (Å²) in [5.41, 5.74) is 1.97. The number of pyridine rings is 1. The van der Waals surface area contributed by atoms with E-state index in [2.05, 4.69) is 4.98 Å². The molecule has 0 saturated carbocycles. The van der Waals surface area contributed by atoms with Crippen LogP contribution in [0, 0.1) is 6.92 Å². The Balaban J connectivity index is 1.74. The van der Waals surface area contributed by atoms with Crippen molar-refractivity contribution in [3.63, 3.8) is 0 Å². The van der Waals surface area contributed by atoms with Gasteiger partial charge in [0.1, 0.15) is 18.9 Å². The SMILES string of the molecule is Cc1cccc2cc(CN(CC(=O)O)S(=O)(=O)c3ccc4c(c3)OCCN4C)c(=O)[nH]c12. The Bertz CT molecular complexity index is 1370. The van der Waals surface area contributed by atoms with Crippen LogP contribution in [-0.4, -0.2) is 55.5 Å². The van der Waals surface area contributed by atoms with Gasteiger partial charge < -0.3 is 19.7 Å². The number of aromatic amines is 1. The molecule has 10 heteroatoms. The van der Waals surface area contributed by atoms with Crippen LogP contribution in [-0.2, 0) is 21.4 Å². The number of likely N-dealkylation sites (N-methyl/N-ethyl adjacent to an activating group) is 1. The van der Waals surface area contributed by atoms with Crippen LogP contribution in [0.25, 0.3) is 10.9 Å². The average Bonchev–Trinajstić information content (AvgIpc) is 2.74. The number of ether oxygens (including phenoxy) is 1. The Morgan fingerprint density at radius 1 is 1.25 bits per heavy atom. The predicted octanol–water partition coefficient (Wildman–Crippen LogP) is 1.94. The molecule has 0 fully saturated rings. The summed E-state index contributed by atoms with van der Waals surface area (Å²) in [6.07, 6.45) is 0. The molecule has 9 nitrogen and oxygen atoms in total. The lowest BCUT2D eigenvalue weighted by Crippen LogP contribution is -2.37. The van der Waals surface area contributed by atoms with Gasteiger partial charge in [-0.1, -0.05) is 18.2 Å². The van der Waals surface area contributed by atoms with Crippen molar-refractivity contribution in [1.82, 2.24) is 9.29 Å². The van der Waals surface area contributed by atoms with E-state index in [-0.39, 0.29) is 17.0 Å². The van der Waals surface area contributed by atoms with Crippen molar-refractivity contribution < 1.29 is 23.1 Å². The summed E-state index contributed by atoms with van der Waals surface area (Å²) in [4.78, 5) is 28.7. The molecule has 168 valence electrons. The fraction of sp³-hybridized carbons (Fsp3) is 0.273. The van der Waals surface area contributed by atoms with E-state index in [4.69, 9.17) is 4.74 Å². The van der Waals surface area contributed by atoms with Crippen molar-refractivity contribution in [2.45, 2.75) is 18.4 Å². The van der Waals surface area contributed by atoms with Crippen molar-refractivity contribution in [2.24, 2.45) is 0 Å². The Kier molecular flexibility index (Phi) is 5.66. The number of aliphatic carboxylic acids is 1. The highest BCUT2D eigenvalue weighted by molar-refractivity contribution is 7.89. The number of carboxylic acids is 1. The first kappa shape index (κ1) is 21.8. The summed E-state index contributed by atoms with van der Waals surface area (Å²) in [7, 11) is -2.35. The molecule has 0 amide bonds. The van der Waals surface area contributed by atoms with Gasteiger partial charge >= 0.3 is 5.97 Å². The number of benzene rings is 2. The number of sulfonamides is 1. The van der Waals surface area contributed by atoms with E-state index in [1.54, 1.807) is 18.2 Å². The van der Waals surface area contributed by atoms with Crippen LogP contribution in [0.4, 0.5) is 5.69 Å². The number of aromatic nitrogens is 1. The Labute approximate surface area is 184 Å². The molecule has 0 atom stereocenters. The molecule has 2 aromatic carbocycles. The number of para-hydroxylation sites is 1. The zero-order chi connectivity index (χ0) is 23.0. The molecule has 0 saturated heterocycles. The summed E-state index contributed by atoms with van der Waals surface area (Å²) >= 11 is 0. The van der Waals surface area contributed by atoms with E-state index in [9.17, 15) is 23.1 Å². The molecule has 1 aromatic heterocycles. The number of anilines is 1. The quantitative estimate of drug-likeness (QED) is 0.580. The molecular weight excluding hydrogens is 434 g/mol. The molecule has 0 radical (unpaired) electrons. The van der Waals surface area contributed by atoms with E-state index in [1.165, 1.54) is 12.1 Å². The molecule has 0 spiro atoms. The van der Waals surface area contributed by atoms with Gasteiger partial charge in [-0.3, -0.25) is 9.59 Å². The van der Waals surface area contributed by atoms with Crippen LogP contribution in [0.3, 0.4) is 0 Å². The van der Waals surface area contributed by atoms with Gasteiger partial charge in [0.15, 0.2) is 0 Å². The van der Waals surface area contributed by atoms with Crippen molar-refractivity contribution in [3.8, 4) is 5.75 Å². The topological polar surface area (TPSA) is 120 Å². The minimum Gasteiger partial charge on any atom is -0.490 e. The number of aryl methyl sites for hydroxylation is 1. The maximum Gasteiger partial charge on any atom is 0.318 e. The maximum absolute atomic E-state index is 13.3. The van der Waals surface area contributed by atoms with Gasteiger partial charge in [0.2, 0.25) is 10.0 Å². The van der Waals surface area contributed by atoms with E-state index < -0.39 is 28.1 Å². The van der Waals surface area contributed by atoms with Gasteiger partial charge in [-0.2, -0.15) is 4.31 Å². The van der Waals surface area contributed by atoms with E-state index in [1.807, 2.05) is 31.0 Å². The average molecular weight is 458 g/mol. The van der Waals surface area contributed by atoms with Gasteiger partial charge in [-0.15, -0.1) is 0 Å². The summed E-state index contributed by atoms with van der Waals surface area (Å²) in [5.74, 6) is -0.912. The van der Waals surface area contributed by atoms with Crippen molar-refractivity contribution in [3.05, 3.63) is 63.9 Å². The third kappa shape index (κ3) is 4.06. The molecule has 2 heterocycles. The van der Waals surface area contributed by atoms with Crippen LogP contribution >= 0.6 is 0 Å². The molecule has 0 unspecified atom stereocenters. The third-order valence-corrected chi connectivity index (χ3v) is 7.28. The second-order valence-corrected chi connectivity index (χ2v) is 9.67. The van der Waals surface area contributed by atoms with Crippen molar-refractivity contribution >= 4 is 32.6 Å². The highest BCUT2D eigenvalue weighted by Crippen LogP contribution is 2.34. The Hall–Kier alpha value is -3.37. The fourth-order valence-electron chi connectivity index (χ4n) is 3.76. The number of carbonyl (C=O) groups is 1. The van der Waals surface area contributed by atoms with Crippen LogP contribution in [0.2, 0.25) is 0 Å². The zero-order valence-electron chi connectivity index (χ0n) is 17.7. The number of H-pyrrole nitrogens is 1. The van der Waals surface area contributed by atoms with Gasteiger partial charge in [-0.25, -0.2) is 8.42 Å². The highest BCUT2D eigenvalue weighted by Gasteiger charge is 2.29. The molecular formula is C22H23N3O6S. The Morgan fingerprint density at radius 2 is 2.03 bits per heavy atom. The molecule has 3 aromatic rings. The fourth-order valence-corrected chi connectivity index (χ4v) is 5.14. The monoisotopic (exact) mass is 457 g/mol. The molecule has 2 N–H and O–H groups in total. The molecule has 1 aliphatic heterocycles. The van der Waals surface area contributed by atoms with Crippen molar-refractivity contribution in [2.75, 3.05) is 31.6 Å². The first-order chi connectivity index (χ1) is 15.2. The number of hydrogen-bond donors (Lipinski definition) is 2. The number of carboxylic acid groups (broad SMARTS) is 1. The number of nitrogens with one attached hydrogen (secondary N) is 1. The second kappa shape index (κ2) is 8.29. The van der Waals surface area contributed by atoms with Crippen LogP contribution < -0.4 is 15.2 Å². The van der Waals surface area contributed by atoms with Gasteiger partial charge in [0.05, 0.1) is 22.6 Å². The summed E-state index contributed by atoms with van der Waals surface area (Å²) < 4.78 is 33.1. The first-order valence-corrected chi connectivity index (χ1v) is 11.4. The predicted molar refractivity (Wildman–Crippen MR) is 120 cm³/mol. The molecule has 32 heavy (non-hydrogen) atoms. The maximum atomic E-state index is 13.3. The first-order valence-electron chi connectivity index (χ1n) is 9.98. The van der Waals surface area contributed by atoms with Crippen LogP contribution in [0.15, 0.2) is 52.2 Å². The Morgan fingerprint density at radius 3 is 2.78 bits per heavy atom. The lowest BCUT2D eigenvalue weighted by Gasteiger charge is -2.28. The lowest BCUT2D eigenvalue weighted by atomic mass is 10.1. The van der Waals surface area contributed by atoms with Crippen LogP contribution in [0.5, 0.6) is 5.75 Å². The standard InChI is InChI=1S/C22H23N3O6S/c1-14-4-3-5-15-10-16(22(28)23-21(14)15)12-25(13-20(26)27)32(29,30)17-6-7-18-19(11-17)31-9-8-24(18)2/h3-7,10-11H,8-9,12-13H2,1-2H3,(H,23,28)(H,26,27). The number of fused-ring (bicyclic) bond motifs is 2. The molecule has 1 aliphatic rings.